The van der Waals surface area contributed by atoms with Crippen LogP contribution in [-0.4, -0.2) is 43.1 Å². The monoisotopic (exact) mass is 530 g/mol. The summed E-state index contributed by atoms with van der Waals surface area (Å²) in [5.74, 6) is 0.113. The van der Waals surface area contributed by atoms with Gasteiger partial charge in [0.1, 0.15) is 10.6 Å². The van der Waals surface area contributed by atoms with Crippen LogP contribution in [0.1, 0.15) is 12.0 Å². The number of sulfonamides is 1. The molecule has 0 saturated carbocycles. The molecule has 1 N–H and O–H groups in total. The van der Waals surface area contributed by atoms with Crippen LogP contribution >= 0.6 is 0 Å². The quantitative estimate of drug-likeness (QED) is 0.278. The van der Waals surface area contributed by atoms with Crippen molar-refractivity contribution in [3.05, 3.63) is 78.4 Å². The van der Waals surface area contributed by atoms with Crippen LogP contribution in [0.15, 0.2) is 82.6 Å². The second kappa shape index (κ2) is 12.1. The Morgan fingerprint density at radius 2 is 1.58 bits per heavy atom. The molecule has 36 heavy (non-hydrogen) atoms. The van der Waals surface area contributed by atoms with Gasteiger partial charge in [-0.25, -0.2) is 16.8 Å². The first kappa shape index (κ1) is 27.3. The molecule has 0 heterocycles. The van der Waals surface area contributed by atoms with Crippen LogP contribution in [-0.2, 0) is 35.9 Å². The van der Waals surface area contributed by atoms with E-state index in [0.717, 1.165) is 6.26 Å². The van der Waals surface area contributed by atoms with Gasteiger partial charge in [-0.05, 0) is 36.1 Å². The van der Waals surface area contributed by atoms with E-state index < -0.39 is 26.0 Å². The Kier molecular flexibility index (Phi) is 9.19. The van der Waals surface area contributed by atoms with E-state index in [1.807, 2.05) is 17.0 Å². The largest absolute Gasteiger partial charge is 0.466 e. The zero-order valence-corrected chi connectivity index (χ0v) is 21.4. The van der Waals surface area contributed by atoms with Crippen LogP contribution in [0, 0.1) is 11.3 Å². The highest BCUT2D eigenvalue weighted by molar-refractivity contribution is 7.91. The van der Waals surface area contributed by atoms with Gasteiger partial charge in [0.25, 0.3) is 10.0 Å². The number of benzene rings is 3. The Morgan fingerprint density at radius 1 is 0.944 bits per heavy atom. The maximum absolute atomic E-state index is 12.8. The summed E-state index contributed by atoms with van der Waals surface area (Å²) >= 11 is 0. The van der Waals surface area contributed by atoms with Crippen LogP contribution in [0.3, 0.4) is 0 Å². The smallest absolute Gasteiger partial charge is 0.262 e. The zero-order chi connectivity index (χ0) is 26.2. The summed E-state index contributed by atoms with van der Waals surface area (Å²) in [4.78, 5) is 7.14. The molecule has 3 aromatic carbocycles. The van der Waals surface area contributed by atoms with Crippen molar-refractivity contribution in [1.82, 2.24) is 4.89 Å². The molecule has 9 nitrogen and oxygen atoms in total. The van der Waals surface area contributed by atoms with Crippen molar-refractivity contribution >= 4 is 19.9 Å². The van der Waals surface area contributed by atoms with Crippen LogP contribution in [0.4, 0.5) is 0 Å². The van der Waals surface area contributed by atoms with Crippen molar-refractivity contribution < 1.29 is 31.1 Å². The molecule has 3 aromatic rings. The van der Waals surface area contributed by atoms with Crippen LogP contribution < -0.4 is 9.62 Å². The molecule has 0 radical (unpaired) electrons. The van der Waals surface area contributed by atoms with E-state index >= 15 is 0 Å². The van der Waals surface area contributed by atoms with Gasteiger partial charge in [0, 0.05) is 18.9 Å². The van der Waals surface area contributed by atoms with Gasteiger partial charge in [-0.2, -0.15) is 5.26 Å². The molecule has 11 heteroatoms. The van der Waals surface area contributed by atoms with Gasteiger partial charge < -0.3 is 9.47 Å². The molecule has 0 bridgehead atoms. The first-order chi connectivity index (χ1) is 17.2. The Hall–Kier alpha value is -3.27. The topological polar surface area (TPSA) is 132 Å². The lowest BCUT2D eigenvalue weighted by molar-refractivity contribution is 0.0437. The Bertz CT molecular complexity index is 1420. The standard InChI is InChI=1S/C25H26N2O7S2/c1-32-18-33-24-20(14-16-23(25(24)35(2,28)29)19-9-5-3-6-10-19)13-15-21(17-26)34-27-36(30,31)22-11-7-4-8-12-22/h3-12,14,16,21,27H,13,15,18H2,1-2H3. The van der Waals surface area contributed by atoms with Gasteiger partial charge in [0.2, 0.25) is 0 Å². The minimum Gasteiger partial charge on any atom is -0.466 e. The average Bonchev–Trinajstić information content (AvgIpc) is 2.88. The number of ether oxygens (including phenoxy) is 2. The highest BCUT2D eigenvalue weighted by Gasteiger charge is 2.25. The van der Waals surface area contributed by atoms with Crippen molar-refractivity contribution in [3.8, 4) is 22.9 Å². The second-order valence-corrected chi connectivity index (χ2v) is 11.4. The maximum Gasteiger partial charge on any atom is 0.262 e. The first-order valence-corrected chi connectivity index (χ1v) is 14.2. The summed E-state index contributed by atoms with van der Waals surface area (Å²) in [5.41, 5.74) is 1.67. The average molecular weight is 531 g/mol. The molecule has 190 valence electrons. The fourth-order valence-electron chi connectivity index (χ4n) is 3.50. The Balaban J connectivity index is 1.87. The van der Waals surface area contributed by atoms with Crippen LogP contribution in [0.2, 0.25) is 0 Å². The van der Waals surface area contributed by atoms with Gasteiger partial charge >= 0.3 is 0 Å². The molecule has 0 fully saturated rings. The zero-order valence-electron chi connectivity index (χ0n) is 19.7. The van der Waals surface area contributed by atoms with Crippen LogP contribution in [0.5, 0.6) is 5.75 Å². The highest BCUT2D eigenvalue weighted by Crippen LogP contribution is 2.38. The molecule has 1 atom stereocenters. The van der Waals surface area contributed by atoms with Gasteiger partial charge in [0.05, 0.1) is 11.0 Å². The fourth-order valence-corrected chi connectivity index (χ4v) is 5.46. The van der Waals surface area contributed by atoms with Crippen LogP contribution in [0.25, 0.3) is 11.1 Å². The van der Waals surface area contributed by atoms with Crippen molar-refractivity contribution in [2.75, 3.05) is 20.2 Å². The van der Waals surface area contributed by atoms with E-state index in [1.54, 1.807) is 54.6 Å². The molecular formula is C25H26N2O7S2. The molecular weight excluding hydrogens is 504 g/mol. The van der Waals surface area contributed by atoms with Gasteiger partial charge in [-0.15, -0.1) is 0 Å². The van der Waals surface area contributed by atoms with Crippen molar-refractivity contribution in [2.24, 2.45) is 0 Å². The predicted octanol–water partition coefficient (Wildman–Crippen LogP) is 3.47. The highest BCUT2D eigenvalue weighted by atomic mass is 32.2. The molecule has 0 amide bonds. The summed E-state index contributed by atoms with van der Waals surface area (Å²) in [6.45, 7) is -0.192. The molecule has 0 aliphatic rings. The number of rotatable bonds is 12. The molecule has 0 spiro atoms. The maximum atomic E-state index is 12.8. The van der Waals surface area contributed by atoms with E-state index in [1.165, 1.54) is 19.2 Å². The molecule has 1 unspecified atom stereocenters. The predicted molar refractivity (Wildman–Crippen MR) is 133 cm³/mol. The summed E-state index contributed by atoms with van der Waals surface area (Å²) < 4.78 is 61.1. The molecule has 0 aliphatic carbocycles. The lowest BCUT2D eigenvalue weighted by atomic mass is 10.00. The van der Waals surface area contributed by atoms with Crippen molar-refractivity contribution in [3.63, 3.8) is 0 Å². The fraction of sp³-hybridized carbons (Fsp3) is 0.240. The van der Waals surface area contributed by atoms with E-state index in [9.17, 15) is 22.1 Å². The number of aryl methyl sites for hydroxylation is 1. The number of nitrogens with zero attached hydrogens (tertiary/aromatic N) is 1. The van der Waals surface area contributed by atoms with Gasteiger partial charge in [0.15, 0.2) is 22.7 Å². The molecule has 3 rings (SSSR count). The van der Waals surface area contributed by atoms with Crippen molar-refractivity contribution in [2.45, 2.75) is 28.7 Å². The third-order valence-electron chi connectivity index (χ3n) is 5.14. The van der Waals surface area contributed by atoms with E-state index in [-0.39, 0.29) is 35.2 Å². The second-order valence-electron chi connectivity index (χ2n) is 7.79. The van der Waals surface area contributed by atoms with E-state index in [2.05, 4.69) is 0 Å². The first-order valence-electron chi connectivity index (χ1n) is 10.8. The molecule has 0 saturated heterocycles. The number of nitrogens with one attached hydrogen (secondary N) is 1. The minimum atomic E-state index is -3.97. The normalized spacial score (nSPS) is 12.6. The Labute approximate surface area is 211 Å². The Morgan fingerprint density at radius 3 is 2.17 bits per heavy atom. The minimum absolute atomic E-state index is 0.00227. The van der Waals surface area contributed by atoms with Gasteiger partial charge in [-0.1, -0.05) is 65.5 Å². The summed E-state index contributed by atoms with van der Waals surface area (Å²) in [5, 5.41) is 9.50. The lowest BCUT2D eigenvalue weighted by Crippen LogP contribution is -2.29. The number of hydrogen-bond donors (Lipinski definition) is 1. The summed E-state index contributed by atoms with van der Waals surface area (Å²) in [7, 11) is -6.30. The third kappa shape index (κ3) is 6.90. The summed E-state index contributed by atoms with van der Waals surface area (Å²) in [6, 6.07) is 21.9. The SMILES string of the molecule is COCOc1c(CCC(C#N)ONS(=O)(=O)c2ccccc2)ccc(-c2ccccc2)c1S(C)(=O)=O. The lowest BCUT2D eigenvalue weighted by Gasteiger charge is -2.19. The van der Waals surface area contributed by atoms with E-state index in [0.29, 0.717) is 16.7 Å². The number of nitriles is 1. The van der Waals surface area contributed by atoms with Gasteiger partial charge in [-0.3, -0.25) is 4.84 Å². The van der Waals surface area contributed by atoms with E-state index in [4.69, 9.17) is 14.3 Å². The number of methoxy groups -OCH3 is 1. The molecule has 0 aromatic heterocycles. The number of hydrogen-bond acceptors (Lipinski definition) is 8. The van der Waals surface area contributed by atoms with Crippen molar-refractivity contribution in [1.29, 1.82) is 5.26 Å². The number of sulfone groups is 1. The summed E-state index contributed by atoms with van der Waals surface area (Å²) in [6.07, 6.45) is 0.180. The molecule has 0 aliphatic heterocycles. The third-order valence-corrected chi connectivity index (χ3v) is 7.50.